The molecule has 0 spiro atoms. The van der Waals surface area contributed by atoms with Crippen LogP contribution in [0.5, 0.6) is 0 Å². The van der Waals surface area contributed by atoms with Gasteiger partial charge in [-0.1, -0.05) is 23.7 Å². The Morgan fingerprint density at radius 3 is 3.00 bits per heavy atom. The van der Waals surface area contributed by atoms with Crippen LogP contribution in [0.2, 0.25) is 5.02 Å². The molecule has 1 atom stereocenters. The van der Waals surface area contributed by atoms with E-state index in [0.29, 0.717) is 10.8 Å². The average molecular weight is 357 g/mol. The summed E-state index contributed by atoms with van der Waals surface area (Å²) in [5, 5.41) is 8.16. The van der Waals surface area contributed by atoms with Crippen molar-refractivity contribution in [3.63, 3.8) is 0 Å². The molecule has 1 N–H and O–H groups in total. The van der Waals surface area contributed by atoms with Gasteiger partial charge in [-0.3, -0.25) is 0 Å². The summed E-state index contributed by atoms with van der Waals surface area (Å²) in [6.07, 6.45) is 2.03. The molecular weight excluding hydrogens is 342 g/mol. The molecule has 1 saturated heterocycles. The van der Waals surface area contributed by atoms with Gasteiger partial charge in [0, 0.05) is 16.6 Å². The molecule has 1 unspecified atom stereocenters. The van der Waals surface area contributed by atoms with Gasteiger partial charge in [0.25, 0.3) is 0 Å². The van der Waals surface area contributed by atoms with Gasteiger partial charge in [0.1, 0.15) is 0 Å². The van der Waals surface area contributed by atoms with Crippen LogP contribution in [0.3, 0.4) is 0 Å². The summed E-state index contributed by atoms with van der Waals surface area (Å²) in [4.78, 5) is 4.59. The molecule has 1 aromatic heterocycles. The first-order valence-electron chi connectivity index (χ1n) is 6.65. The highest BCUT2D eigenvalue weighted by atomic mass is 79.9. The van der Waals surface area contributed by atoms with Crippen LogP contribution in [0.1, 0.15) is 25.7 Å². The van der Waals surface area contributed by atoms with Gasteiger partial charge >= 0.3 is 0 Å². The van der Waals surface area contributed by atoms with Crippen LogP contribution < -0.4 is 5.32 Å². The van der Waals surface area contributed by atoms with Crippen LogP contribution in [0.25, 0.3) is 11.4 Å². The van der Waals surface area contributed by atoms with Crippen LogP contribution >= 0.6 is 27.5 Å². The molecule has 0 amide bonds. The minimum Gasteiger partial charge on any atom is -0.338 e. The van der Waals surface area contributed by atoms with Crippen molar-refractivity contribution in [1.82, 2.24) is 15.5 Å². The van der Waals surface area contributed by atoms with E-state index in [4.69, 9.17) is 16.1 Å². The van der Waals surface area contributed by atoms with E-state index in [9.17, 15) is 0 Å². The number of aromatic nitrogens is 2. The summed E-state index contributed by atoms with van der Waals surface area (Å²) in [5.74, 6) is 1.34. The zero-order chi connectivity index (χ0) is 14.2. The van der Waals surface area contributed by atoms with E-state index < -0.39 is 0 Å². The van der Waals surface area contributed by atoms with Gasteiger partial charge in [0.15, 0.2) is 0 Å². The number of hydrogen-bond donors (Lipinski definition) is 1. The summed E-state index contributed by atoms with van der Waals surface area (Å²) in [6, 6.07) is 5.62. The van der Waals surface area contributed by atoms with Gasteiger partial charge in [0.2, 0.25) is 11.7 Å². The molecule has 6 heteroatoms. The Balaban J connectivity index is 1.95. The molecule has 4 nitrogen and oxygen atoms in total. The van der Waals surface area contributed by atoms with Gasteiger partial charge < -0.3 is 9.84 Å². The standard InChI is InChI=1S/C14H15BrClN3O/c1-2-14(5-6-17-8-14)13-18-12(19-20-13)9-3-4-11(16)10(15)7-9/h3-4,7,17H,2,5-6,8H2,1H3. The topological polar surface area (TPSA) is 51.0 Å². The molecule has 1 aliphatic rings. The van der Waals surface area contributed by atoms with Crippen LogP contribution in [0, 0.1) is 0 Å². The van der Waals surface area contributed by atoms with Crippen LogP contribution in [0.15, 0.2) is 27.2 Å². The van der Waals surface area contributed by atoms with Crippen molar-refractivity contribution in [3.05, 3.63) is 33.6 Å². The minimum absolute atomic E-state index is 0.0189. The second-order valence-electron chi connectivity index (χ2n) is 5.11. The molecule has 1 fully saturated rings. The van der Waals surface area contributed by atoms with E-state index in [0.717, 1.165) is 41.9 Å². The molecule has 0 aliphatic carbocycles. The number of hydrogen-bond acceptors (Lipinski definition) is 4. The third-order valence-corrected chi connectivity index (χ3v) is 5.19. The predicted molar refractivity (Wildman–Crippen MR) is 81.9 cm³/mol. The highest BCUT2D eigenvalue weighted by Gasteiger charge is 2.39. The number of benzene rings is 1. The van der Waals surface area contributed by atoms with Crippen molar-refractivity contribution < 1.29 is 4.52 Å². The maximum atomic E-state index is 6.00. The lowest BCUT2D eigenvalue weighted by Crippen LogP contribution is -2.28. The van der Waals surface area contributed by atoms with Gasteiger partial charge in [0.05, 0.1) is 10.4 Å². The largest absolute Gasteiger partial charge is 0.338 e. The lowest BCUT2D eigenvalue weighted by atomic mass is 9.84. The SMILES string of the molecule is CCC1(c2nc(-c3ccc(Cl)c(Br)c3)no2)CCNC1. The first kappa shape index (κ1) is 14.0. The van der Waals surface area contributed by atoms with Gasteiger partial charge in [-0.15, -0.1) is 0 Å². The normalized spacial score (nSPS) is 22.4. The zero-order valence-corrected chi connectivity index (χ0v) is 13.5. The highest BCUT2D eigenvalue weighted by Crippen LogP contribution is 2.34. The Bertz CT molecular complexity index is 623. The average Bonchev–Trinajstić information content (AvgIpc) is 3.10. The van der Waals surface area contributed by atoms with Crippen LogP contribution in [-0.2, 0) is 5.41 Å². The van der Waals surface area contributed by atoms with Crippen molar-refractivity contribution in [2.24, 2.45) is 0 Å². The lowest BCUT2D eigenvalue weighted by molar-refractivity contribution is 0.285. The predicted octanol–water partition coefficient (Wildman–Crippen LogP) is 3.79. The van der Waals surface area contributed by atoms with Crippen molar-refractivity contribution >= 4 is 27.5 Å². The van der Waals surface area contributed by atoms with E-state index in [1.165, 1.54) is 0 Å². The lowest BCUT2D eigenvalue weighted by Gasteiger charge is -2.20. The molecule has 2 heterocycles. The van der Waals surface area contributed by atoms with Crippen LogP contribution in [-0.4, -0.2) is 23.2 Å². The molecule has 0 bridgehead atoms. The third kappa shape index (κ3) is 2.38. The summed E-state index contributed by atoms with van der Waals surface area (Å²) >= 11 is 9.41. The Kier molecular flexibility index (Phi) is 3.84. The summed E-state index contributed by atoms with van der Waals surface area (Å²) in [7, 11) is 0. The third-order valence-electron chi connectivity index (χ3n) is 3.98. The molecule has 1 aliphatic heterocycles. The molecule has 2 aromatic rings. The molecule has 3 rings (SSSR count). The fourth-order valence-electron chi connectivity index (χ4n) is 2.57. The van der Waals surface area contributed by atoms with Crippen molar-refractivity contribution in [2.75, 3.05) is 13.1 Å². The molecule has 106 valence electrons. The quantitative estimate of drug-likeness (QED) is 0.909. The van der Waals surface area contributed by atoms with E-state index >= 15 is 0 Å². The van der Waals surface area contributed by atoms with E-state index in [1.54, 1.807) is 0 Å². The Morgan fingerprint density at radius 1 is 1.50 bits per heavy atom. The van der Waals surface area contributed by atoms with Crippen molar-refractivity contribution in [1.29, 1.82) is 0 Å². The number of halogens is 2. The monoisotopic (exact) mass is 355 g/mol. The maximum Gasteiger partial charge on any atom is 0.234 e. The molecule has 20 heavy (non-hydrogen) atoms. The number of nitrogens with zero attached hydrogens (tertiary/aromatic N) is 2. The van der Waals surface area contributed by atoms with Gasteiger partial charge in [-0.2, -0.15) is 4.98 Å². The van der Waals surface area contributed by atoms with E-state index in [2.05, 4.69) is 38.3 Å². The number of nitrogens with one attached hydrogen (secondary N) is 1. The van der Waals surface area contributed by atoms with Crippen LogP contribution in [0.4, 0.5) is 0 Å². The molecular formula is C14H15BrClN3O. The minimum atomic E-state index is -0.0189. The fraction of sp³-hybridized carbons (Fsp3) is 0.429. The van der Waals surface area contributed by atoms with Crippen molar-refractivity contribution in [3.8, 4) is 11.4 Å². The summed E-state index contributed by atoms with van der Waals surface area (Å²) in [5.41, 5.74) is 0.878. The maximum absolute atomic E-state index is 6.00. The summed E-state index contributed by atoms with van der Waals surface area (Å²) in [6.45, 7) is 4.06. The molecule has 1 aromatic carbocycles. The smallest absolute Gasteiger partial charge is 0.234 e. The van der Waals surface area contributed by atoms with Crippen molar-refractivity contribution in [2.45, 2.75) is 25.2 Å². The Morgan fingerprint density at radius 2 is 2.35 bits per heavy atom. The molecule has 0 saturated carbocycles. The molecule has 0 radical (unpaired) electrons. The fourth-order valence-corrected chi connectivity index (χ4v) is 3.07. The van der Waals surface area contributed by atoms with Gasteiger partial charge in [-0.25, -0.2) is 0 Å². The zero-order valence-electron chi connectivity index (χ0n) is 11.1. The second kappa shape index (κ2) is 5.47. The van der Waals surface area contributed by atoms with Gasteiger partial charge in [-0.05, 0) is 53.5 Å². The highest BCUT2D eigenvalue weighted by molar-refractivity contribution is 9.10. The number of rotatable bonds is 3. The van der Waals surface area contributed by atoms with E-state index in [-0.39, 0.29) is 5.41 Å². The Hall–Kier alpha value is -0.910. The first-order valence-corrected chi connectivity index (χ1v) is 7.82. The first-order chi connectivity index (χ1) is 9.64. The second-order valence-corrected chi connectivity index (χ2v) is 6.37. The summed E-state index contributed by atoms with van der Waals surface area (Å²) < 4.78 is 6.35. The van der Waals surface area contributed by atoms with E-state index in [1.807, 2.05) is 18.2 Å². The Labute approximate surface area is 131 Å².